The van der Waals surface area contributed by atoms with E-state index < -0.39 is 0 Å². The van der Waals surface area contributed by atoms with Crippen LogP contribution in [-0.4, -0.2) is 18.3 Å². The van der Waals surface area contributed by atoms with Gasteiger partial charge < -0.3 is 10.4 Å². The highest BCUT2D eigenvalue weighted by molar-refractivity contribution is 9.10. The molecule has 0 aliphatic heterocycles. The molecule has 0 saturated heterocycles. The van der Waals surface area contributed by atoms with Crippen LogP contribution in [0, 0.1) is 0 Å². The highest BCUT2D eigenvalue weighted by Gasteiger charge is 2.03. The summed E-state index contributed by atoms with van der Waals surface area (Å²) < 4.78 is 1.09. The monoisotopic (exact) mass is 243 g/mol. The first-order valence-corrected chi connectivity index (χ1v) is 5.13. The molecule has 1 aromatic rings. The van der Waals surface area contributed by atoms with E-state index in [1.54, 1.807) is 0 Å². The minimum Gasteiger partial charge on any atom is -0.395 e. The maximum Gasteiger partial charge on any atom is 0.0556 e. The normalized spacial score (nSPS) is 12.8. The van der Waals surface area contributed by atoms with Crippen molar-refractivity contribution >= 4 is 15.9 Å². The zero-order chi connectivity index (χ0) is 9.68. The van der Waals surface area contributed by atoms with Crippen LogP contribution in [-0.2, 0) is 0 Å². The largest absolute Gasteiger partial charge is 0.395 e. The lowest BCUT2D eigenvalue weighted by atomic mass is 10.1. The van der Waals surface area contributed by atoms with Crippen LogP contribution in [0.3, 0.4) is 0 Å². The summed E-state index contributed by atoms with van der Waals surface area (Å²) in [5.74, 6) is 0. The summed E-state index contributed by atoms with van der Waals surface area (Å²) >= 11 is 3.42. The fourth-order valence-corrected chi connectivity index (χ4v) is 1.59. The quantitative estimate of drug-likeness (QED) is 0.850. The fraction of sp³-hybridized carbons (Fsp3) is 0.400. The number of benzene rings is 1. The Labute approximate surface area is 87.1 Å². The van der Waals surface area contributed by atoms with Gasteiger partial charge in [-0.3, -0.25) is 0 Å². The SMILES string of the molecule is CC(NCCO)c1cccc(Br)c1. The van der Waals surface area contributed by atoms with Crippen LogP contribution in [0.4, 0.5) is 0 Å². The van der Waals surface area contributed by atoms with Crippen molar-refractivity contribution in [3.63, 3.8) is 0 Å². The van der Waals surface area contributed by atoms with E-state index in [-0.39, 0.29) is 12.6 Å². The van der Waals surface area contributed by atoms with E-state index in [0.29, 0.717) is 6.54 Å². The molecule has 1 unspecified atom stereocenters. The van der Waals surface area contributed by atoms with Gasteiger partial charge in [0.1, 0.15) is 0 Å². The van der Waals surface area contributed by atoms with Gasteiger partial charge in [-0.25, -0.2) is 0 Å². The van der Waals surface area contributed by atoms with Crippen LogP contribution in [0.1, 0.15) is 18.5 Å². The zero-order valence-corrected chi connectivity index (χ0v) is 9.21. The number of hydrogen-bond acceptors (Lipinski definition) is 2. The Balaban J connectivity index is 2.60. The molecule has 0 radical (unpaired) electrons. The average molecular weight is 244 g/mol. The Kier molecular flexibility index (Phi) is 4.42. The first-order chi connectivity index (χ1) is 6.24. The van der Waals surface area contributed by atoms with E-state index in [0.717, 1.165) is 4.47 Å². The number of aliphatic hydroxyl groups is 1. The zero-order valence-electron chi connectivity index (χ0n) is 7.63. The molecule has 0 aromatic heterocycles. The van der Waals surface area contributed by atoms with Crippen molar-refractivity contribution in [2.75, 3.05) is 13.2 Å². The molecule has 3 heteroatoms. The lowest BCUT2D eigenvalue weighted by molar-refractivity contribution is 0.286. The third-order valence-corrected chi connectivity index (χ3v) is 2.40. The van der Waals surface area contributed by atoms with Gasteiger partial charge in [0.25, 0.3) is 0 Å². The lowest BCUT2D eigenvalue weighted by Gasteiger charge is -2.13. The van der Waals surface area contributed by atoms with Gasteiger partial charge in [-0.1, -0.05) is 28.1 Å². The second kappa shape index (κ2) is 5.37. The van der Waals surface area contributed by atoms with E-state index >= 15 is 0 Å². The number of nitrogens with one attached hydrogen (secondary N) is 1. The molecule has 0 aliphatic carbocycles. The van der Waals surface area contributed by atoms with E-state index in [1.807, 2.05) is 12.1 Å². The molecular formula is C10H14BrNO. The molecule has 0 bridgehead atoms. The third-order valence-electron chi connectivity index (χ3n) is 1.91. The molecule has 1 atom stereocenters. The maximum absolute atomic E-state index is 8.64. The highest BCUT2D eigenvalue weighted by atomic mass is 79.9. The van der Waals surface area contributed by atoms with Crippen LogP contribution in [0.5, 0.6) is 0 Å². The molecule has 0 fully saturated rings. The summed E-state index contributed by atoms with van der Waals surface area (Å²) in [4.78, 5) is 0. The molecule has 1 rings (SSSR count). The summed E-state index contributed by atoms with van der Waals surface area (Å²) in [5.41, 5.74) is 1.22. The van der Waals surface area contributed by atoms with Crippen molar-refractivity contribution in [2.45, 2.75) is 13.0 Å². The number of rotatable bonds is 4. The molecule has 0 aliphatic rings. The molecule has 0 saturated carbocycles. The molecule has 2 N–H and O–H groups in total. The molecule has 0 heterocycles. The van der Waals surface area contributed by atoms with Crippen LogP contribution >= 0.6 is 15.9 Å². The topological polar surface area (TPSA) is 32.3 Å². The second-order valence-corrected chi connectivity index (χ2v) is 3.87. The molecular weight excluding hydrogens is 230 g/mol. The second-order valence-electron chi connectivity index (χ2n) is 2.95. The van der Waals surface area contributed by atoms with Crippen molar-refractivity contribution in [3.8, 4) is 0 Å². The van der Waals surface area contributed by atoms with Gasteiger partial charge in [-0.2, -0.15) is 0 Å². The minimum atomic E-state index is 0.179. The first-order valence-electron chi connectivity index (χ1n) is 4.33. The minimum absolute atomic E-state index is 0.179. The predicted octanol–water partition coefficient (Wildman–Crippen LogP) is 2.09. The van der Waals surface area contributed by atoms with Crippen LogP contribution in [0.15, 0.2) is 28.7 Å². The predicted molar refractivity (Wildman–Crippen MR) is 57.6 cm³/mol. The van der Waals surface area contributed by atoms with E-state index in [9.17, 15) is 0 Å². The van der Waals surface area contributed by atoms with Gasteiger partial charge in [-0.15, -0.1) is 0 Å². The lowest BCUT2D eigenvalue weighted by Crippen LogP contribution is -2.21. The standard InChI is InChI=1S/C10H14BrNO/c1-8(12-5-6-13)9-3-2-4-10(11)7-9/h2-4,7-8,12-13H,5-6H2,1H3. The van der Waals surface area contributed by atoms with Crippen molar-refractivity contribution in [2.24, 2.45) is 0 Å². The third kappa shape index (κ3) is 3.46. The van der Waals surface area contributed by atoms with Crippen LogP contribution in [0.2, 0.25) is 0 Å². The van der Waals surface area contributed by atoms with Crippen LogP contribution in [0.25, 0.3) is 0 Å². The van der Waals surface area contributed by atoms with Gasteiger partial charge in [0.2, 0.25) is 0 Å². The Hall–Kier alpha value is -0.380. The van der Waals surface area contributed by atoms with Gasteiger partial charge in [-0.05, 0) is 24.6 Å². The van der Waals surface area contributed by atoms with E-state index in [1.165, 1.54) is 5.56 Å². The van der Waals surface area contributed by atoms with Crippen molar-refractivity contribution < 1.29 is 5.11 Å². The Morgan fingerprint density at radius 2 is 2.31 bits per heavy atom. The molecule has 0 spiro atoms. The molecule has 2 nitrogen and oxygen atoms in total. The van der Waals surface area contributed by atoms with Gasteiger partial charge in [0.15, 0.2) is 0 Å². The van der Waals surface area contributed by atoms with Crippen LogP contribution < -0.4 is 5.32 Å². The summed E-state index contributed by atoms with van der Waals surface area (Å²) in [6.45, 7) is 2.89. The summed E-state index contributed by atoms with van der Waals surface area (Å²) in [6.07, 6.45) is 0. The number of hydrogen-bond donors (Lipinski definition) is 2. The van der Waals surface area contributed by atoms with Crippen molar-refractivity contribution in [1.29, 1.82) is 0 Å². The molecule has 72 valence electrons. The smallest absolute Gasteiger partial charge is 0.0556 e. The van der Waals surface area contributed by atoms with Gasteiger partial charge in [0.05, 0.1) is 6.61 Å². The molecule has 1 aromatic carbocycles. The van der Waals surface area contributed by atoms with E-state index in [2.05, 4.69) is 40.3 Å². The summed E-state index contributed by atoms with van der Waals surface area (Å²) in [5, 5.41) is 11.8. The van der Waals surface area contributed by atoms with Gasteiger partial charge >= 0.3 is 0 Å². The molecule has 0 amide bonds. The first kappa shape index (κ1) is 10.7. The Bertz CT molecular complexity index is 265. The average Bonchev–Trinajstić information content (AvgIpc) is 2.14. The fourth-order valence-electron chi connectivity index (χ4n) is 1.17. The Morgan fingerprint density at radius 1 is 1.54 bits per heavy atom. The Morgan fingerprint density at radius 3 is 2.92 bits per heavy atom. The van der Waals surface area contributed by atoms with E-state index in [4.69, 9.17) is 5.11 Å². The maximum atomic E-state index is 8.64. The number of halogens is 1. The highest BCUT2D eigenvalue weighted by Crippen LogP contribution is 2.17. The van der Waals surface area contributed by atoms with Crippen molar-refractivity contribution in [1.82, 2.24) is 5.32 Å². The number of aliphatic hydroxyl groups excluding tert-OH is 1. The van der Waals surface area contributed by atoms with Crippen molar-refractivity contribution in [3.05, 3.63) is 34.3 Å². The summed E-state index contributed by atoms with van der Waals surface area (Å²) in [6, 6.07) is 8.44. The van der Waals surface area contributed by atoms with Gasteiger partial charge in [0, 0.05) is 17.1 Å². The molecule has 13 heavy (non-hydrogen) atoms. The summed E-state index contributed by atoms with van der Waals surface area (Å²) in [7, 11) is 0.